The zero-order chi connectivity index (χ0) is 13.9. The molecule has 0 heterocycles. The van der Waals surface area contributed by atoms with Crippen LogP contribution in [0.1, 0.15) is 11.1 Å². The molecule has 0 saturated carbocycles. The van der Waals surface area contributed by atoms with E-state index < -0.39 is 0 Å². The van der Waals surface area contributed by atoms with Crippen molar-refractivity contribution in [1.29, 1.82) is 0 Å². The Kier molecular flexibility index (Phi) is 7.14. The summed E-state index contributed by atoms with van der Waals surface area (Å²) in [6, 6.07) is 21.1. The van der Waals surface area contributed by atoms with Crippen LogP contribution in [0.4, 0.5) is 0 Å². The van der Waals surface area contributed by atoms with E-state index in [1.54, 1.807) is 0 Å². The SMILES string of the molecule is C(/C=C/SCc1ccccc1)=C\SCc1ccccc1. The molecule has 0 aliphatic carbocycles. The van der Waals surface area contributed by atoms with Gasteiger partial charge < -0.3 is 0 Å². The predicted molar refractivity (Wildman–Crippen MR) is 93.8 cm³/mol. The fourth-order valence-electron chi connectivity index (χ4n) is 1.64. The largest absolute Gasteiger partial charge is 0.129 e. The standard InChI is InChI=1S/C18H18S2/c1-3-9-17(10-4-1)15-19-13-7-8-14-20-16-18-11-5-2-6-12-18/h1-14H,15-16H2/b13-7+,14-8+. The quantitative estimate of drug-likeness (QED) is 0.585. The van der Waals surface area contributed by atoms with Gasteiger partial charge in [0.1, 0.15) is 0 Å². The van der Waals surface area contributed by atoms with Crippen LogP contribution >= 0.6 is 23.5 Å². The third kappa shape index (κ3) is 6.18. The van der Waals surface area contributed by atoms with Crippen molar-refractivity contribution in [2.45, 2.75) is 11.5 Å². The number of benzene rings is 2. The molecule has 0 atom stereocenters. The van der Waals surface area contributed by atoms with Crippen LogP contribution in [0.3, 0.4) is 0 Å². The van der Waals surface area contributed by atoms with Crippen LogP contribution in [-0.4, -0.2) is 0 Å². The van der Waals surface area contributed by atoms with E-state index in [0.717, 1.165) is 11.5 Å². The van der Waals surface area contributed by atoms with E-state index in [1.165, 1.54) is 11.1 Å². The summed E-state index contributed by atoms with van der Waals surface area (Å²) in [5.74, 6) is 2.06. The Hall–Kier alpha value is -1.38. The van der Waals surface area contributed by atoms with E-state index in [2.05, 4.69) is 83.6 Å². The fourth-order valence-corrected chi connectivity index (χ4v) is 3.00. The smallest absolute Gasteiger partial charge is 0.0226 e. The second kappa shape index (κ2) is 9.51. The van der Waals surface area contributed by atoms with Crippen LogP contribution < -0.4 is 0 Å². The average Bonchev–Trinajstić information content (AvgIpc) is 2.52. The third-order valence-corrected chi connectivity index (χ3v) is 4.35. The molecule has 0 N–H and O–H groups in total. The lowest BCUT2D eigenvalue weighted by molar-refractivity contribution is 1.42. The van der Waals surface area contributed by atoms with Gasteiger partial charge in [-0.2, -0.15) is 0 Å². The van der Waals surface area contributed by atoms with E-state index >= 15 is 0 Å². The number of rotatable bonds is 7. The van der Waals surface area contributed by atoms with Crippen molar-refractivity contribution >= 4 is 23.5 Å². The molecular formula is C18H18S2. The first-order valence-electron chi connectivity index (χ1n) is 6.58. The van der Waals surface area contributed by atoms with E-state index in [-0.39, 0.29) is 0 Å². The van der Waals surface area contributed by atoms with Crippen molar-refractivity contribution in [3.8, 4) is 0 Å². The van der Waals surface area contributed by atoms with Crippen LogP contribution in [0.2, 0.25) is 0 Å². The van der Waals surface area contributed by atoms with Crippen molar-refractivity contribution in [2.24, 2.45) is 0 Å². The van der Waals surface area contributed by atoms with Gasteiger partial charge in [0.05, 0.1) is 0 Å². The Labute approximate surface area is 130 Å². The van der Waals surface area contributed by atoms with Crippen molar-refractivity contribution in [3.05, 3.63) is 94.8 Å². The molecule has 0 aliphatic rings. The molecule has 0 fully saturated rings. The molecule has 0 amide bonds. The van der Waals surface area contributed by atoms with Gasteiger partial charge in [-0.05, 0) is 21.9 Å². The third-order valence-electron chi connectivity index (χ3n) is 2.65. The summed E-state index contributed by atoms with van der Waals surface area (Å²) in [5.41, 5.74) is 2.73. The molecule has 2 aromatic carbocycles. The van der Waals surface area contributed by atoms with Gasteiger partial charge in [-0.1, -0.05) is 72.8 Å². The maximum absolute atomic E-state index is 2.16. The Morgan fingerprint density at radius 1 is 0.600 bits per heavy atom. The van der Waals surface area contributed by atoms with Gasteiger partial charge in [0.15, 0.2) is 0 Å². The van der Waals surface area contributed by atoms with Crippen molar-refractivity contribution < 1.29 is 0 Å². The van der Waals surface area contributed by atoms with Crippen LogP contribution in [0, 0.1) is 0 Å². The molecule has 0 spiro atoms. The minimum Gasteiger partial charge on any atom is -0.129 e. The Balaban J connectivity index is 1.60. The Morgan fingerprint density at radius 3 is 1.40 bits per heavy atom. The highest BCUT2D eigenvalue weighted by Gasteiger charge is 1.88. The highest BCUT2D eigenvalue weighted by atomic mass is 32.2. The molecule has 0 nitrogen and oxygen atoms in total. The van der Waals surface area contributed by atoms with Gasteiger partial charge in [0, 0.05) is 11.5 Å². The zero-order valence-corrected chi connectivity index (χ0v) is 12.9. The summed E-state index contributed by atoms with van der Waals surface area (Å²) in [4.78, 5) is 0. The van der Waals surface area contributed by atoms with Crippen molar-refractivity contribution in [1.82, 2.24) is 0 Å². The summed E-state index contributed by atoms with van der Waals surface area (Å²) in [6.45, 7) is 0. The molecule has 2 rings (SSSR count). The molecule has 20 heavy (non-hydrogen) atoms. The predicted octanol–water partition coefficient (Wildman–Crippen LogP) is 5.88. The summed E-state index contributed by atoms with van der Waals surface area (Å²) in [6.07, 6.45) is 4.21. The Morgan fingerprint density at radius 2 is 1.00 bits per heavy atom. The first-order valence-corrected chi connectivity index (χ1v) is 8.67. The Bertz CT molecular complexity index is 478. The minimum atomic E-state index is 1.03. The van der Waals surface area contributed by atoms with E-state index in [9.17, 15) is 0 Å². The molecule has 0 bridgehead atoms. The molecule has 2 aromatic rings. The lowest BCUT2D eigenvalue weighted by Gasteiger charge is -1.96. The molecule has 102 valence electrons. The summed E-state index contributed by atoms with van der Waals surface area (Å²) >= 11 is 3.64. The number of allylic oxidation sites excluding steroid dienone is 2. The molecule has 0 aromatic heterocycles. The first-order chi connectivity index (χ1) is 9.95. The first kappa shape index (κ1) is 15.0. The normalized spacial score (nSPS) is 11.4. The number of hydrogen-bond acceptors (Lipinski definition) is 2. The maximum Gasteiger partial charge on any atom is 0.0226 e. The summed E-state index contributed by atoms with van der Waals surface area (Å²) < 4.78 is 0. The van der Waals surface area contributed by atoms with Crippen molar-refractivity contribution in [3.63, 3.8) is 0 Å². The summed E-state index contributed by atoms with van der Waals surface area (Å²) in [5, 5.41) is 4.29. The lowest BCUT2D eigenvalue weighted by Crippen LogP contribution is -1.75. The van der Waals surface area contributed by atoms with Gasteiger partial charge in [-0.15, -0.1) is 23.5 Å². The van der Waals surface area contributed by atoms with Gasteiger partial charge in [-0.3, -0.25) is 0 Å². The molecule has 0 aliphatic heterocycles. The minimum absolute atomic E-state index is 1.03. The van der Waals surface area contributed by atoms with Crippen LogP contribution in [0.5, 0.6) is 0 Å². The van der Waals surface area contributed by atoms with Crippen LogP contribution in [0.25, 0.3) is 0 Å². The van der Waals surface area contributed by atoms with E-state index in [4.69, 9.17) is 0 Å². The molecule has 0 radical (unpaired) electrons. The maximum atomic E-state index is 2.16. The topological polar surface area (TPSA) is 0 Å². The van der Waals surface area contributed by atoms with Crippen LogP contribution in [-0.2, 0) is 11.5 Å². The van der Waals surface area contributed by atoms with E-state index in [0.29, 0.717) is 0 Å². The molecule has 0 unspecified atom stereocenters. The zero-order valence-electron chi connectivity index (χ0n) is 11.3. The monoisotopic (exact) mass is 298 g/mol. The molecule has 2 heteroatoms. The number of hydrogen-bond donors (Lipinski definition) is 0. The highest BCUT2D eigenvalue weighted by molar-refractivity contribution is 8.01. The molecule has 0 saturated heterocycles. The van der Waals surface area contributed by atoms with E-state index in [1.807, 2.05) is 23.5 Å². The second-order valence-electron chi connectivity index (χ2n) is 4.25. The van der Waals surface area contributed by atoms with Gasteiger partial charge in [-0.25, -0.2) is 0 Å². The van der Waals surface area contributed by atoms with Crippen molar-refractivity contribution in [2.75, 3.05) is 0 Å². The fraction of sp³-hybridized carbons (Fsp3) is 0.111. The highest BCUT2D eigenvalue weighted by Crippen LogP contribution is 2.14. The number of thioether (sulfide) groups is 2. The molecular weight excluding hydrogens is 280 g/mol. The van der Waals surface area contributed by atoms with Gasteiger partial charge in [0.25, 0.3) is 0 Å². The summed E-state index contributed by atoms with van der Waals surface area (Å²) in [7, 11) is 0. The average molecular weight is 298 g/mol. The van der Waals surface area contributed by atoms with Crippen LogP contribution in [0.15, 0.2) is 83.6 Å². The second-order valence-corrected chi connectivity index (χ2v) is 6.04. The van der Waals surface area contributed by atoms with Gasteiger partial charge >= 0.3 is 0 Å². The lowest BCUT2D eigenvalue weighted by atomic mass is 10.2. The van der Waals surface area contributed by atoms with Gasteiger partial charge in [0.2, 0.25) is 0 Å².